The summed E-state index contributed by atoms with van der Waals surface area (Å²) in [5.41, 5.74) is 1.03. The van der Waals surface area contributed by atoms with Crippen molar-refractivity contribution in [3.8, 4) is 0 Å². The van der Waals surface area contributed by atoms with Gasteiger partial charge in [0, 0.05) is 12.6 Å². The van der Waals surface area contributed by atoms with Crippen molar-refractivity contribution in [1.82, 2.24) is 10.2 Å². The van der Waals surface area contributed by atoms with E-state index in [1.807, 2.05) is 0 Å². The summed E-state index contributed by atoms with van der Waals surface area (Å²) in [6, 6.07) is 6.28. The first-order valence-corrected chi connectivity index (χ1v) is 8.67. The quantitative estimate of drug-likeness (QED) is 0.893. The molecule has 4 rings (SSSR count). The lowest BCUT2D eigenvalue weighted by Crippen LogP contribution is -2.45. The molecule has 1 saturated carbocycles. The van der Waals surface area contributed by atoms with Crippen LogP contribution < -0.4 is 5.32 Å². The van der Waals surface area contributed by atoms with Gasteiger partial charge in [0.25, 0.3) is 5.91 Å². The number of likely N-dealkylation sites (tertiary alicyclic amines) is 1. The number of benzene rings is 1. The molecular weight excluding hydrogens is 325 g/mol. The summed E-state index contributed by atoms with van der Waals surface area (Å²) >= 11 is 0. The Balaban J connectivity index is 1.36. The molecule has 1 saturated heterocycles. The molecular formula is C18H20FN3O3. The van der Waals surface area contributed by atoms with Crippen LogP contribution in [0.5, 0.6) is 0 Å². The molecule has 3 aliphatic rings. The molecule has 1 aliphatic carbocycles. The van der Waals surface area contributed by atoms with E-state index < -0.39 is 0 Å². The van der Waals surface area contributed by atoms with Crippen LogP contribution in [0.3, 0.4) is 0 Å². The van der Waals surface area contributed by atoms with Gasteiger partial charge in [0.1, 0.15) is 5.82 Å². The minimum atomic E-state index is -0.353. The molecule has 2 heterocycles. The second-order valence-electron chi connectivity index (χ2n) is 6.93. The second-order valence-corrected chi connectivity index (χ2v) is 6.93. The Labute approximate surface area is 145 Å². The molecule has 2 atom stereocenters. The normalized spacial score (nSPS) is 25.0. The van der Waals surface area contributed by atoms with Crippen LogP contribution in [0.15, 0.2) is 29.4 Å². The molecule has 1 N–H and O–H groups in total. The summed E-state index contributed by atoms with van der Waals surface area (Å²) in [5.74, 6) is -0.815. The number of oxime groups is 1. The van der Waals surface area contributed by atoms with Gasteiger partial charge < -0.3 is 15.1 Å². The summed E-state index contributed by atoms with van der Waals surface area (Å²) in [4.78, 5) is 31.8. The Morgan fingerprint density at radius 2 is 2.16 bits per heavy atom. The number of hydrogen-bond donors (Lipinski definition) is 1. The first kappa shape index (κ1) is 16.1. The number of nitrogens with zero attached hydrogens (tertiary/aromatic N) is 2. The average Bonchev–Trinajstić information content (AvgIpc) is 3.11. The number of amides is 2. The third kappa shape index (κ3) is 3.23. The van der Waals surface area contributed by atoms with Crippen molar-refractivity contribution in [3.05, 3.63) is 35.6 Å². The van der Waals surface area contributed by atoms with E-state index >= 15 is 0 Å². The predicted molar refractivity (Wildman–Crippen MR) is 88.3 cm³/mol. The maximum Gasteiger partial charge on any atom is 0.269 e. The Kier molecular flexibility index (Phi) is 4.15. The SMILES string of the molecule is O=C(NC1CCC1)C1=NO[C@@H]2CN(C(=O)Cc3cccc(F)c3)C[C@H]12. The summed E-state index contributed by atoms with van der Waals surface area (Å²) in [7, 11) is 0. The van der Waals surface area contributed by atoms with E-state index in [4.69, 9.17) is 4.84 Å². The Hall–Kier alpha value is -2.44. The Bertz CT molecular complexity index is 732. The average molecular weight is 345 g/mol. The van der Waals surface area contributed by atoms with Gasteiger partial charge in [-0.3, -0.25) is 9.59 Å². The lowest BCUT2D eigenvalue weighted by Gasteiger charge is -2.26. The van der Waals surface area contributed by atoms with E-state index in [1.54, 1.807) is 17.0 Å². The highest BCUT2D eigenvalue weighted by Gasteiger charge is 2.46. The molecule has 0 radical (unpaired) electrons. The zero-order valence-corrected chi connectivity index (χ0v) is 13.8. The van der Waals surface area contributed by atoms with E-state index in [0.29, 0.717) is 24.4 Å². The van der Waals surface area contributed by atoms with Crippen LogP contribution in [-0.4, -0.2) is 47.7 Å². The lowest BCUT2D eigenvalue weighted by atomic mass is 9.92. The fraction of sp³-hybridized carbons (Fsp3) is 0.500. The van der Waals surface area contributed by atoms with Crippen molar-refractivity contribution in [3.63, 3.8) is 0 Å². The molecule has 0 unspecified atom stereocenters. The van der Waals surface area contributed by atoms with E-state index in [0.717, 1.165) is 19.3 Å². The minimum Gasteiger partial charge on any atom is -0.389 e. The smallest absolute Gasteiger partial charge is 0.269 e. The summed E-state index contributed by atoms with van der Waals surface area (Å²) < 4.78 is 13.3. The predicted octanol–water partition coefficient (Wildman–Crippen LogP) is 1.25. The standard InChI is InChI=1S/C18H20FN3O3/c19-12-4-1-3-11(7-12)8-16(23)22-9-14-15(10-22)25-21-17(14)18(24)20-13-5-2-6-13/h1,3-4,7,13-15H,2,5-6,8-10H2,(H,20,24)/t14-,15+/m0/s1. The second kappa shape index (κ2) is 6.46. The number of nitrogens with one attached hydrogen (secondary N) is 1. The number of fused-ring (bicyclic) bond motifs is 1. The molecule has 1 aromatic carbocycles. The van der Waals surface area contributed by atoms with Gasteiger partial charge in [-0.2, -0.15) is 0 Å². The zero-order chi connectivity index (χ0) is 17.4. The third-order valence-corrected chi connectivity index (χ3v) is 5.17. The molecule has 0 bridgehead atoms. The van der Waals surface area contributed by atoms with Crippen LogP contribution in [0.2, 0.25) is 0 Å². The molecule has 132 valence electrons. The molecule has 1 aromatic rings. The number of halogens is 1. The van der Waals surface area contributed by atoms with Gasteiger partial charge in [0.15, 0.2) is 11.8 Å². The van der Waals surface area contributed by atoms with Crippen molar-refractivity contribution in [2.75, 3.05) is 13.1 Å². The van der Waals surface area contributed by atoms with Crippen LogP contribution in [0.25, 0.3) is 0 Å². The first-order chi connectivity index (χ1) is 12.1. The molecule has 6 nitrogen and oxygen atoms in total. The first-order valence-electron chi connectivity index (χ1n) is 8.67. The number of carbonyl (C=O) groups excluding carboxylic acids is 2. The van der Waals surface area contributed by atoms with Crippen molar-refractivity contribution in [2.24, 2.45) is 11.1 Å². The Morgan fingerprint density at radius 3 is 2.88 bits per heavy atom. The summed E-state index contributed by atoms with van der Waals surface area (Å²) in [6.45, 7) is 0.818. The van der Waals surface area contributed by atoms with Crippen molar-refractivity contribution in [2.45, 2.75) is 37.8 Å². The number of rotatable bonds is 4. The van der Waals surface area contributed by atoms with E-state index in [1.165, 1.54) is 12.1 Å². The number of carbonyl (C=O) groups is 2. The summed E-state index contributed by atoms with van der Waals surface area (Å²) in [5, 5.41) is 6.90. The van der Waals surface area contributed by atoms with Crippen LogP contribution in [-0.2, 0) is 20.8 Å². The largest absolute Gasteiger partial charge is 0.389 e. The van der Waals surface area contributed by atoms with Gasteiger partial charge in [0.05, 0.1) is 18.9 Å². The highest BCUT2D eigenvalue weighted by atomic mass is 19.1. The zero-order valence-electron chi connectivity index (χ0n) is 13.8. The maximum absolute atomic E-state index is 13.3. The van der Waals surface area contributed by atoms with E-state index in [2.05, 4.69) is 10.5 Å². The molecule has 2 fully saturated rings. The van der Waals surface area contributed by atoms with Gasteiger partial charge in [-0.25, -0.2) is 4.39 Å². The van der Waals surface area contributed by atoms with Gasteiger partial charge in [-0.15, -0.1) is 0 Å². The van der Waals surface area contributed by atoms with Crippen LogP contribution in [0, 0.1) is 11.7 Å². The minimum absolute atomic E-state index is 0.0950. The third-order valence-electron chi connectivity index (χ3n) is 5.17. The maximum atomic E-state index is 13.3. The van der Waals surface area contributed by atoms with Crippen LogP contribution in [0.4, 0.5) is 4.39 Å². The lowest BCUT2D eigenvalue weighted by molar-refractivity contribution is -0.130. The van der Waals surface area contributed by atoms with Crippen molar-refractivity contribution in [1.29, 1.82) is 0 Å². The van der Waals surface area contributed by atoms with Gasteiger partial charge in [-0.05, 0) is 37.0 Å². The highest BCUT2D eigenvalue weighted by molar-refractivity contribution is 6.40. The van der Waals surface area contributed by atoms with Gasteiger partial charge >= 0.3 is 0 Å². The number of hydrogen-bond acceptors (Lipinski definition) is 4. The molecule has 2 aliphatic heterocycles. The van der Waals surface area contributed by atoms with Crippen molar-refractivity contribution >= 4 is 17.5 Å². The topological polar surface area (TPSA) is 71.0 Å². The highest BCUT2D eigenvalue weighted by Crippen LogP contribution is 2.28. The van der Waals surface area contributed by atoms with Crippen LogP contribution in [0.1, 0.15) is 24.8 Å². The van der Waals surface area contributed by atoms with Crippen LogP contribution >= 0.6 is 0 Å². The van der Waals surface area contributed by atoms with Gasteiger partial charge in [-0.1, -0.05) is 17.3 Å². The molecule has 0 aromatic heterocycles. The van der Waals surface area contributed by atoms with E-state index in [9.17, 15) is 14.0 Å². The molecule has 7 heteroatoms. The van der Waals surface area contributed by atoms with Crippen molar-refractivity contribution < 1.29 is 18.8 Å². The molecule has 0 spiro atoms. The molecule has 2 amide bonds. The fourth-order valence-corrected chi connectivity index (χ4v) is 3.49. The summed E-state index contributed by atoms with van der Waals surface area (Å²) in [6.07, 6.45) is 3.03. The molecule has 25 heavy (non-hydrogen) atoms. The van der Waals surface area contributed by atoms with Gasteiger partial charge in [0.2, 0.25) is 5.91 Å². The Morgan fingerprint density at radius 1 is 1.32 bits per heavy atom. The monoisotopic (exact) mass is 345 g/mol. The van der Waals surface area contributed by atoms with E-state index in [-0.39, 0.29) is 42.1 Å². The fourth-order valence-electron chi connectivity index (χ4n) is 3.49.